The number of aromatic nitrogens is 1. The maximum atomic E-state index is 2.53. The van der Waals surface area contributed by atoms with Crippen molar-refractivity contribution in [3.63, 3.8) is 0 Å². The SMILES string of the molecule is c1ccc(-c2c3cc4c5ccccc5c5cccc(c3c(-c3ccccc3)c3c6cccc7c8c(ccc9cc(-n%10c%11ccccc%11c%11ccccc%11%10)ccc98)cc(c23)c67)c54)cc1. The molecule has 63 heavy (non-hydrogen) atoms. The zero-order chi connectivity index (χ0) is 40.9. The van der Waals surface area contributed by atoms with Crippen molar-refractivity contribution in [1.82, 2.24) is 4.57 Å². The number of rotatable bonds is 3. The Labute approximate surface area is 361 Å². The zero-order valence-corrected chi connectivity index (χ0v) is 34.2. The molecule has 0 aliphatic rings. The van der Waals surface area contributed by atoms with Crippen LogP contribution in [0.4, 0.5) is 0 Å². The Morgan fingerprint density at radius 1 is 0.222 bits per heavy atom. The highest BCUT2D eigenvalue weighted by atomic mass is 15.0. The van der Waals surface area contributed by atoms with E-state index in [0.717, 1.165) is 0 Å². The summed E-state index contributed by atoms with van der Waals surface area (Å²) >= 11 is 0. The standard InChI is InChI=1S/C62H35N/c1-3-15-36(16-4-1)56-52-35-50-43-20-8-7-19-42(43)46-23-13-25-48(58(46)50)60(52)57(37-17-5-2-6-18-37)61-49-26-14-24-47-55-39(34-51(59(47)49)62(56)61)30-29-38-33-40(31-32-41(38)55)63-53-27-11-9-21-44(53)45-22-10-12-28-54(45)63/h1-35H. The van der Waals surface area contributed by atoms with Gasteiger partial charge in [0, 0.05) is 16.5 Å². The van der Waals surface area contributed by atoms with Gasteiger partial charge in [-0.05, 0) is 156 Å². The molecule has 0 amide bonds. The smallest absolute Gasteiger partial charge is 0.0541 e. The summed E-state index contributed by atoms with van der Waals surface area (Å²) in [5, 5.41) is 26.1. The quantitative estimate of drug-likeness (QED) is 0.157. The number of para-hydroxylation sites is 2. The molecule has 288 valence electrons. The third-order valence-corrected chi connectivity index (χ3v) is 14.4. The fourth-order valence-electron chi connectivity index (χ4n) is 12.0. The lowest BCUT2D eigenvalue weighted by atomic mass is 9.84. The van der Waals surface area contributed by atoms with Crippen molar-refractivity contribution < 1.29 is 0 Å². The van der Waals surface area contributed by atoms with Crippen LogP contribution in [-0.2, 0) is 0 Å². The highest BCUT2D eigenvalue weighted by Crippen LogP contribution is 2.55. The number of benzene rings is 12. The normalized spacial score (nSPS) is 12.4. The van der Waals surface area contributed by atoms with E-state index in [0.29, 0.717) is 0 Å². The summed E-state index contributed by atoms with van der Waals surface area (Å²) in [6.07, 6.45) is 0. The zero-order valence-electron chi connectivity index (χ0n) is 34.2. The average Bonchev–Trinajstić information content (AvgIpc) is 3.98. The number of nitrogens with zero attached hydrogens (tertiary/aromatic N) is 1. The van der Waals surface area contributed by atoms with Crippen molar-refractivity contribution in [1.29, 1.82) is 0 Å². The Hall–Kier alpha value is -8.26. The van der Waals surface area contributed by atoms with E-state index in [2.05, 4.69) is 217 Å². The van der Waals surface area contributed by atoms with Gasteiger partial charge in [0.25, 0.3) is 0 Å². The van der Waals surface area contributed by atoms with Crippen LogP contribution in [0.1, 0.15) is 0 Å². The molecule has 0 saturated carbocycles. The maximum absolute atomic E-state index is 2.53. The van der Waals surface area contributed by atoms with Crippen LogP contribution < -0.4 is 0 Å². The second-order valence-electron chi connectivity index (χ2n) is 17.4. The maximum Gasteiger partial charge on any atom is 0.0541 e. The summed E-state index contributed by atoms with van der Waals surface area (Å²) in [6, 6.07) is 79.7. The molecule has 0 radical (unpaired) electrons. The Balaban J connectivity index is 1.13. The van der Waals surface area contributed by atoms with Crippen LogP contribution >= 0.6 is 0 Å². The molecule has 1 nitrogen and oxygen atoms in total. The van der Waals surface area contributed by atoms with E-state index in [-0.39, 0.29) is 0 Å². The molecular weight excluding hydrogens is 759 g/mol. The van der Waals surface area contributed by atoms with Crippen molar-refractivity contribution in [2.75, 3.05) is 0 Å². The Kier molecular flexibility index (Phi) is 6.47. The number of fused-ring (bicyclic) bond motifs is 15. The van der Waals surface area contributed by atoms with E-state index in [1.54, 1.807) is 0 Å². The van der Waals surface area contributed by atoms with E-state index >= 15 is 0 Å². The summed E-state index contributed by atoms with van der Waals surface area (Å²) < 4.78 is 2.43. The lowest BCUT2D eigenvalue weighted by Crippen LogP contribution is -1.94. The summed E-state index contributed by atoms with van der Waals surface area (Å²) in [6.45, 7) is 0. The molecule has 0 fully saturated rings. The first-order valence-electron chi connectivity index (χ1n) is 22.0. The minimum atomic E-state index is 1.18. The highest BCUT2D eigenvalue weighted by molar-refractivity contribution is 6.46. The third-order valence-electron chi connectivity index (χ3n) is 14.4. The number of hydrogen-bond acceptors (Lipinski definition) is 0. The van der Waals surface area contributed by atoms with Crippen molar-refractivity contribution >= 4 is 119 Å². The van der Waals surface area contributed by atoms with Crippen LogP contribution in [0.5, 0.6) is 0 Å². The molecule has 14 aromatic carbocycles. The van der Waals surface area contributed by atoms with E-state index < -0.39 is 0 Å². The topological polar surface area (TPSA) is 4.93 Å². The van der Waals surface area contributed by atoms with Crippen LogP contribution in [0, 0.1) is 0 Å². The lowest BCUT2D eigenvalue weighted by molar-refractivity contribution is 1.19. The largest absolute Gasteiger partial charge is 0.309 e. The van der Waals surface area contributed by atoms with Gasteiger partial charge in [0.2, 0.25) is 0 Å². The van der Waals surface area contributed by atoms with E-state index in [9.17, 15) is 0 Å². The first kappa shape index (κ1) is 33.5. The molecule has 15 aromatic rings. The van der Waals surface area contributed by atoms with Gasteiger partial charge < -0.3 is 4.57 Å². The molecule has 1 heteroatoms. The Bertz CT molecular complexity index is 4350. The lowest BCUT2D eigenvalue weighted by Gasteiger charge is -2.19. The predicted octanol–water partition coefficient (Wildman–Crippen LogP) is 17.4. The molecule has 0 atom stereocenters. The summed E-state index contributed by atoms with van der Waals surface area (Å²) in [5.41, 5.74) is 8.73. The molecule has 15 rings (SSSR count). The van der Waals surface area contributed by atoms with Gasteiger partial charge in [-0.15, -0.1) is 0 Å². The fraction of sp³-hybridized carbons (Fsp3) is 0. The van der Waals surface area contributed by atoms with Crippen LogP contribution in [0.3, 0.4) is 0 Å². The van der Waals surface area contributed by atoms with E-state index in [1.807, 2.05) is 0 Å². The minimum absolute atomic E-state index is 1.18. The highest BCUT2D eigenvalue weighted by Gasteiger charge is 2.27. The molecule has 0 unspecified atom stereocenters. The van der Waals surface area contributed by atoms with Gasteiger partial charge in [-0.25, -0.2) is 0 Å². The fourth-order valence-corrected chi connectivity index (χ4v) is 12.0. The van der Waals surface area contributed by atoms with Gasteiger partial charge in [0.15, 0.2) is 0 Å². The van der Waals surface area contributed by atoms with Gasteiger partial charge in [0.05, 0.1) is 11.0 Å². The molecule has 1 aromatic heterocycles. The van der Waals surface area contributed by atoms with E-state index in [1.165, 1.54) is 147 Å². The number of hydrogen-bond donors (Lipinski definition) is 0. The van der Waals surface area contributed by atoms with Crippen molar-refractivity contribution in [2.45, 2.75) is 0 Å². The minimum Gasteiger partial charge on any atom is -0.309 e. The van der Waals surface area contributed by atoms with Gasteiger partial charge in [0.1, 0.15) is 0 Å². The molecule has 0 aliphatic heterocycles. The van der Waals surface area contributed by atoms with Crippen LogP contribution in [-0.4, -0.2) is 4.57 Å². The summed E-state index contributed by atoms with van der Waals surface area (Å²) in [7, 11) is 0. The Morgan fingerprint density at radius 2 is 0.730 bits per heavy atom. The second-order valence-corrected chi connectivity index (χ2v) is 17.4. The van der Waals surface area contributed by atoms with Gasteiger partial charge in [-0.2, -0.15) is 0 Å². The molecule has 0 spiro atoms. The van der Waals surface area contributed by atoms with Crippen molar-refractivity contribution in [3.05, 3.63) is 212 Å². The molecule has 0 N–H and O–H groups in total. The predicted molar refractivity (Wildman–Crippen MR) is 272 cm³/mol. The van der Waals surface area contributed by atoms with Crippen LogP contribution in [0.25, 0.3) is 147 Å². The molecular formula is C62H35N. The van der Waals surface area contributed by atoms with Gasteiger partial charge in [-0.3, -0.25) is 0 Å². The first-order chi connectivity index (χ1) is 31.3. The summed E-state index contributed by atoms with van der Waals surface area (Å²) in [4.78, 5) is 0. The summed E-state index contributed by atoms with van der Waals surface area (Å²) in [5.74, 6) is 0. The van der Waals surface area contributed by atoms with Crippen LogP contribution in [0.15, 0.2) is 212 Å². The van der Waals surface area contributed by atoms with E-state index in [4.69, 9.17) is 0 Å². The van der Waals surface area contributed by atoms with Crippen molar-refractivity contribution in [2.24, 2.45) is 0 Å². The average molecular weight is 794 g/mol. The Morgan fingerprint density at radius 3 is 1.43 bits per heavy atom. The second kappa shape index (κ2) is 12.2. The molecule has 0 saturated heterocycles. The van der Waals surface area contributed by atoms with Gasteiger partial charge >= 0.3 is 0 Å². The monoisotopic (exact) mass is 793 g/mol. The first-order valence-corrected chi connectivity index (χ1v) is 22.0. The molecule has 1 heterocycles. The van der Waals surface area contributed by atoms with Gasteiger partial charge in [-0.1, -0.05) is 176 Å². The molecule has 0 bridgehead atoms. The van der Waals surface area contributed by atoms with Crippen molar-refractivity contribution in [3.8, 4) is 27.9 Å². The third kappa shape index (κ3) is 4.31. The molecule has 0 aliphatic carbocycles. The van der Waals surface area contributed by atoms with Crippen LogP contribution in [0.2, 0.25) is 0 Å².